The first-order valence-electron chi connectivity index (χ1n) is 10.3. The van der Waals surface area contributed by atoms with Gasteiger partial charge in [-0.3, -0.25) is 9.69 Å². The molecule has 0 spiro atoms. The zero-order chi connectivity index (χ0) is 22.4. The van der Waals surface area contributed by atoms with E-state index in [2.05, 4.69) is 10.2 Å². The standard InChI is InChI=1S/C23H23ClF4N2O/c1-30-13-14-9-11-22(30,12-10-14)20(15-5-3-2-4-6-15)29-21(31)18-16(23(26,27)28)7-8-17(24)19(18)25/h2-8,14,20H,9-13H2,1H3,(H,29,31). The Morgan fingerprint density at radius 1 is 1.16 bits per heavy atom. The van der Waals surface area contributed by atoms with Crippen molar-refractivity contribution in [1.29, 1.82) is 0 Å². The maximum atomic E-state index is 14.7. The highest BCUT2D eigenvalue weighted by atomic mass is 35.5. The van der Waals surface area contributed by atoms with Crippen molar-refractivity contribution in [3.8, 4) is 0 Å². The van der Waals surface area contributed by atoms with Gasteiger partial charge < -0.3 is 5.32 Å². The van der Waals surface area contributed by atoms with E-state index in [-0.39, 0.29) is 0 Å². The topological polar surface area (TPSA) is 32.3 Å². The molecular formula is C23H23ClF4N2O. The largest absolute Gasteiger partial charge is 0.417 e. The third-order valence-corrected chi connectivity index (χ3v) is 7.13. The third-order valence-electron chi connectivity index (χ3n) is 6.84. The van der Waals surface area contributed by atoms with Crippen LogP contribution < -0.4 is 5.32 Å². The van der Waals surface area contributed by atoms with Crippen molar-refractivity contribution in [2.75, 3.05) is 13.6 Å². The van der Waals surface area contributed by atoms with Gasteiger partial charge in [-0.1, -0.05) is 41.9 Å². The van der Waals surface area contributed by atoms with Gasteiger partial charge in [0.2, 0.25) is 0 Å². The number of hydrogen-bond donors (Lipinski definition) is 1. The maximum Gasteiger partial charge on any atom is 0.417 e. The molecule has 0 radical (unpaired) electrons. The number of carbonyl (C=O) groups excluding carboxylic acids is 1. The van der Waals surface area contributed by atoms with Crippen LogP contribution in [-0.2, 0) is 6.18 Å². The Kier molecular flexibility index (Phi) is 5.77. The molecule has 2 saturated heterocycles. The zero-order valence-electron chi connectivity index (χ0n) is 17.0. The summed E-state index contributed by atoms with van der Waals surface area (Å²) >= 11 is 5.74. The van der Waals surface area contributed by atoms with Crippen LogP contribution in [0.2, 0.25) is 5.02 Å². The van der Waals surface area contributed by atoms with E-state index in [0.717, 1.165) is 43.9 Å². The quantitative estimate of drug-likeness (QED) is 0.588. The molecule has 3 nitrogen and oxygen atoms in total. The fourth-order valence-corrected chi connectivity index (χ4v) is 5.36. The number of benzene rings is 2. The summed E-state index contributed by atoms with van der Waals surface area (Å²) in [4.78, 5) is 15.4. The molecule has 1 N–H and O–H groups in total. The Balaban J connectivity index is 1.78. The van der Waals surface area contributed by atoms with Gasteiger partial charge in [-0.2, -0.15) is 13.2 Å². The molecule has 5 rings (SSSR count). The van der Waals surface area contributed by atoms with Crippen molar-refractivity contribution >= 4 is 17.5 Å². The average Bonchev–Trinajstić information content (AvgIpc) is 2.74. The number of amides is 1. The third kappa shape index (κ3) is 3.94. The monoisotopic (exact) mass is 454 g/mol. The van der Waals surface area contributed by atoms with Crippen LogP contribution in [0.5, 0.6) is 0 Å². The molecular weight excluding hydrogens is 432 g/mol. The lowest BCUT2D eigenvalue weighted by atomic mass is 9.65. The minimum absolute atomic E-state index is 0.445. The molecule has 2 aromatic carbocycles. The molecule has 31 heavy (non-hydrogen) atoms. The Labute approximate surface area is 183 Å². The highest BCUT2D eigenvalue weighted by Gasteiger charge is 2.51. The SMILES string of the molecule is CN1CC2CCC1(C(NC(=O)c1c(C(F)(F)F)ccc(Cl)c1F)c1ccccc1)CC2. The number of nitrogens with zero attached hydrogens (tertiary/aromatic N) is 1. The molecule has 1 unspecified atom stereocenters. The van der Waals surface area contributed by atoms with Crippen LogP contribution in [0.3, 0.4) is 0 Å². The van der Waals surface area contributed by atoms with E-state index in [4.69, 9.17) is 11.6 Å². The lowest BCUT2D eigenvalue weighted by Crippen LogP contribution is -2.62. The molecule has 2 bridgehead atoms. The molecule has 1 amide bonds. The predicted octanol–water partition coefficient (Wildman–Crippen LogP) is 5.84. The molecule has 2 aromatic rings. The number of rotatable bonds is 4. The molecule has 2 aliphatic heterocycles. The normalized spacial score (nSPS) is 24.8. The number of alkyl halides is 3. The van der Waals surface area contributed by atoms with Crippen molar-refractivity contribution in [1.82, 2.24) is 10.2 Å². The summed E-state index contributed by atoms with van der Waals surface area (Å²) in [7, 11) is 1.98. The van der Waals surface area contributed by atoms with E-state index in [1.165, 1.54) is 0 Å². The van der Waals surface area contributed by atoms with Crippen molar-refractivity contribution in [3.05, 3.63) is 70.0 Å². The number of halogens is 5. The van der Waals surface area contributed by atoms with E-state index < -0.39 is 45.6 Å². The Bertz CT molecular complexity index is 972. The average molecular weight is 455 g/mol. The highest BCUT2D eigenvalue weighted by molar-refractivity contribution is 6.31. The second-order valence-electron chi connectivity index (χ2n) is 8.53. The van der Waals surface area contributed by atoms with E-state index in [0.29, 0.717) is 12.0 Å². The minimum atomic E-state index is -4.89. The first-order chi connectivity index (χ1) is 14.6. The molecule has 8 heteroatoms. The lowest BCUT2D eigenvalue weighted by molar-refractivity contribution is -0.138. The molecule has 1 saturated carbocycles. The molecule has 2 heterocycles. The summed E-state index contributed by atoms with van der Waals surface area (Å²) in [6.45, 7) is 0.860. The summed E-state index contributed by atoms with van der Waals surface area (Å²) in [5.74, 6) is -1.89. The van der Waals surface area contributed by atoms with Gasteiger partial charge in [-0.15, -0.1) is 0 Å². The van der Waals surface area contributed by atoms with Gasteiger partial charge in [0.25, 0.3) is 5.91 Å². The number of fused-ring (bicyclic) bond motifs is 3. The summed E-state index contributed by atoms with van der Waals surface area (Å²) in [6.07, 6.45) is -1.31. The molecule has 1 aliphatic carbocycles. The second-order valence-corrected chi connectivity index (χ2v) is 8.93. The molecule has 3 fully saturated rings. The number of piperidine rings is 2. The van der Waals surface area contributed by atoms with Gasteiger partial charge >= 0.3 is 6.18 Å². The summed E-state index contributed by atoms with van der Waals surface area (Å²) < 4.78 is 55.3. The smallest absolute Gasteiger partial charge is 0.343 e. The fraction of sp³-hybridized carbons (Fsp3) is 0.435. The number of nitrogens with one attached hydrogen (secondary N) is 1. The molecule has 1 atom stereocenters. The van der Waals surface area contributed by atoms with E-state index in [1.807, 2.05) is 37.4 Å². The Morgan fingerprint density at radius 3 is 2.39 bits per heavy atom. The highest BCUT2D eigenvalue weighted by Crippen LogP contribution is 2.49. The molecule has 166 valence electrons. The first kappa shape index (κ1) is 22.1. The van der Waals surface area contributed by atoms with Gasteiger partial charge in [0.15, 0.2) is 5.82 Å². The minimum Gasteiger partial charge on any atom is -0.343 e. The van der Waals surface area contributed by atoms with Crippen LogP contribution >= 0.6 is 11.6 Å². The predicted molar refractivity (Wildman–Crippen MR) is 110 cm³/mol. The van der Waals surface area contributed by atoms with Crippen LogP contribution in [0.1, 0.15) is 53.2 Å². The van der Waals surface area contributed by atoms with E-state index >= 15 is 0 Å². The van der Waals surface area contributed by atoms with Gasteiger partial charge in [0.1, 0.15) is 0 Å². The Hall–Kier alpha value is -2.12. The van der Waals surface area contributed by atoms with Crippen LogP contribution in [0, 0.1) is 11.7 Å². The summed E-state index contributed by atoms with van der Waals surface area (Å²) in [6, 6.07) is 10.0. The van der Waals surface area contributed by atoms with Crippen molar-refractivity contribution in [2.24, 2.45) is 5.92 Å². The van der Waals surface area contributed by atoms with Crippen LogP contribution in [0.4, 0.5) is 17.6 Å². The first-order valence-corrected chi connectivity index (χ1v) is 10.6. The van der Waals surface area contributed by atoms with Gasteiger partial charge in [0.05, 0.1) is 22.2 Å². The van der Waals surface area contributed by atoms with Crippen molar-refractivity contribution in [2.45, 2.75) is 43.4 Å². The number of carbonyl (C=O) groups is 1. The van der Waals surface area contributed by atoms with Crippen LogP contribution in [0.25, 0.3) is 0 Å². The number of hydrogen-bond acceptors (Lipinski definition) is 2. The van der Waals surface area contributed by atoms with E-state index in [1.54, 1.807) is 0 Å². The van der Waals surface area contributed by atoms with Crippen LogP contribution in [-0.4, -0.2) is 29.9 Å². The van der Waals surface area contributed by atoms with E-state index in [9.17, 15) is 22.4 Å². The second kappa shape index (κ2) is 8.10. The van der Waals surface area contributed by atoms with Crippen molar-refractivity contribution < 1.29 is 22.4 Å². The summed E-state index contributed by atoms with van der Waals surface area (Å²) in [5.41, 5.74) is -2.07. The lowest BCUT2D eigenvalue weighted by Gasteiger charge is -2.57. The maximum absolute atomic E-state index is 14.7. The van der Waals surface area contributed by atoms with Crippen molar-refractivity contribution in [3.63, 3.8) is 0 Å². The summed E-state index contributed by atoms with van der Waals surface area (Å²) in [5, 5.41) is 2.24. The van der Waals surface area contributed by atoms with Crippen LogP contribution in [0.15, 0.2) is 42.5 Å². The Morgan fingerprint density at radius 2 is 1.81 bits per heavy atom. The zero-order valence-corrected chi connectivity index (χ0v) is 17.7. The van der Waals surface area contributed by atoms with Gasteiger partial charge in [0, 0.05) is 12.1 Å². The molecule has 3 aliphatic rings. The van der Waals surface area contributed by atoms with Gasteiger partial charge in [-0.25, -0.2) is 4.39 Å². The molecule has 0 aromatic heterocycles. The number of likely N-dealkylation sites (N-methyl/N-ethyl adjacent to an activating group) is 1. The fourth-order valence-electron chi connectivity index (χ4n) is 5.21. The van der Waals surface area contributed by atoms with Gasteiger partial charge in [-0.05, 0) is 56.3 Å².